The van der Waals surface area contributed by atoms with Crippen molar-refractivity contribution in [2.24, 2.45) is 0 Å². The van der Waals surface area contributed by atoms with Crippen LogP contribution in [0.5, 0.6) is 0 Å². The van der Waals surface area contributed by atoms with Crippen LogP contribution >= 0.6 is 0 Å². The maximum atomic E-state index is 13.6. The van der Waals surface area contributed by atoms with E-state index in [9.17, 15) is 14.4 Å². The number of allylic oxidation sites excluding steroid dienone is 3. The lowest BCUT2D eigenvalue weighted by Crippen LogP contribution is -2.22. The Bertz CT molecular complexity index is 3130. The predicted octanol–water partition coefficient (Wildman–Crippen LogP) is 10.9. The van der Waals surface area contributed by atoms with Crippen molar-refractivity contribution in [1.82, 2.24) is 19.9 Å². The lowest BCUT2D eigenvalue weighted by Gasteiger charge is -2.14. The van der Waals surface area contributed by atoms with Crippen LogP contribution in [0.15, 0.2) is 163 Å². The highest BCUT2D eigenvalue weighted by molar-refractivity contribution is 6.32. The maximum absolute atomic E-state index is 13.6. The van der Waals surface area contributed by atoms with Crippen molar-refractivity contribution < 1.29 is 14.4 Å². The molecule has 2 aliphatic heterocycles. The Balaban J connectivity index is 1.31. The van der Waals surface area contributed by atoms with E-state index in [2.05, 4.69) is 76.0 Å². The number of carbonyl (C=O) groups excluding carboxylic acids is 3. The van der Waals surface area contributed by atoms with Crippen molar-refractivity contribution in [1.29, 1.82) is 0 Å². The lowest BCUT2D eigenvalue weighted by atomic mass is 10.00. The van der Waals surface area contributed by atoms with Crippen molar-refractivity contribution in [2.75, 3.05) is 5.32 Å². The molecule has 4 aromatic carbocycles. The summed E-state index contributed by atoms with van der Waals surface area (Å²) < 4.78 is 0. The quantitative estimate of drug-likeness (QED) is 0.115. The molecule has 1 aliphatic carbocycles. The molecule has 8 bridgehead atoms. The molecule has 7 aromatic rings. The molecule has 8 heteroatoms. The molecule has 0 radical (unpaired) electrons. The minimum atomic E-state index is -0.677. The van der Waals surface area contributed by atoms with Crippen molar-refractivity contribution in [3.63, 3.8) is 0 Å². The average Bonchev–Trinajstić information content (AvgIpc) is 4.12. The summed E-state index contributed by atoms with van der Waals surface area (Å²) in [6.07, 6.45) is 11.5. The number of ketones is 2. The van der Waals surface area contributed by atoms with Gasteiger partial charge < -0.3 is 15.3 Å². The highest BCUT2D eigenvalue weighted by Crippen LogP contribution is 2.40. The van der Waals surface area contributed by atoms with Gasteiger partial charge in [-0.25, -0.2) is 9.97 Å². The zero-order chi connectivity index (χ0) is 39.9. The van der Waals surface area contributed by atoms with Crippen LogP contribution in [0, 0.1) is 0 Å². The molecule has 0 atom stereocenters. The standard InChI is InChI=1S/C51H33N5O3/c57-34-20-29-46(58)36(30-34)51(59)56-37-19-11-10-18-35(37)50-44-27-25-42(54-44)48(32-14-6-2-7-15-32)40-23-21-38(52-40)47(31-12-4-1-5-13-31)39-22-24-41(53-39)49(33-16-8-3-9-17-33)43-26-28-45(50)55-43/h1-30,52,55H,(H,56,59). The Hall–Kier alpha value is -8.23. The van der Waals surface area contributed by atoms with Gasteiger partial charge >= 0.3 is 0 Å². The number of hydrogen-bond donors (Lipinski definition) is 3. The number of aromatic amines is 2. The number of nitrogens with zero attached hydrogens (tertiary/aromatic N) is 2. The van der Waals surface area contributed by atoms with Crippen molar-refractivity contribution in [2.45, 2.75) is 0 Å². The molecular weight excluding hydrogens is 731 g/mol. The second-order valence-electron chi connectivity index (χ2n) is 14.3. The molecule has 3 N–H and O–H groups in total. The van der Waals surface area contributed by atoms with E-state index in [1.807, 2.05) is 97.1 Å². The Morgan fingerprint density at radius 1 is 0.441 bits per heavy atom. The van der Waals surface area contributed by atoms with Crippen LogP contribution in [0.25, 0.3) is 90.9 Å². The maximum Gasteiger partial charge on any atom is 0.259 e. The summed E-state index contributed by atoms with van der Waals surface area (Å²) in [6.45, 7) is 0. The predicted molar refractivity (Wildman–Crippen MR) is 236 cm³/mol. The van der Waals surface area contributed by atoms with Gasteiger partial charge in [-0.1, -0.05) is 109 Å². The summed E-state index contributed by atoms with van der Waals surface area (Å²) in [5.41, 5.74) is 13.7. The van der Waals surface area contributed by atoms with Crippen LogP contribution in [-0.4, -0.2) is 37.4 Å². The molecule has 5 heterocycles. The van der Waals surface area contributed by atoms with Crippen LogP contribution in [0.3, 0.4) is 0 Å². The number of para-hydroxylation sites is 1. The molecule has 10 rings (SSSR count). The monoisotopic (exact) mass is 763 g/mol. The van der Waals surface area contributed by atoms with Gasteiger partial charge in [0.15, 0.2) is 11.6 Å². The highest BCUT2D eigenvalue weighted by Gasteiger charge is 2.24. The first-order chi connectivity index (χ1) is 29.0. The second kappa shape index (κ2) is 14.7. The van der Waals surface area contributed by atoms with E-state index in [0.717, 1.165) is 90.8 Å². The minimum absolute atomic E-state index is 0.227. The smallest absolute Gasteiger partial charge is 0.259 e. The summed E-state index contributed by atoms with van der Waals surface area (Å²) in [6, 6.07) is 46.3. The van der Waals surface area contributed by atoms with Gasteiger partial charge in [-0.05, 0) is 83.5 Å². The largest absolute Gasteiger partial charge is 0.354 e. The molecule has 280 valence electrons. The normalized spacial score (nSPS) is 13.1. The average molecular weight is 764 g/mol. The number of amides is 1. The Kier molecular flexibility index (Phi) is 8.76. The zero-order valence-electron chi connectivity index (χ0n) is 31.4. The summed E-state index contributed by atoms with van der Waals surface area (Å²) in [7, 11) is 0. The van der Waals surface area contributed by atoms with E-state index >= 15 is 0 Å². The zero-order valence-corrected chi connectivity index (χ0v) is 31.4. The number of hydrogen-bond acceptors (Lipinski definition) is 5. The van der Waals surface area contributed by atoms with Crippen LogP contribution < -0.4 is 5.32 Å². The Morgan fingerprint density at radius 2 is 0.847 bits per heavy atom. The number of anilines is 1. The first-order valence-corrected chi connectivity index (χ1v) is 19.2. The molecule has 8 nitrogen and oxygen atoms in total. The fourth-order valence-corrected chi connectivity index (χ4v) is 7.90. The van der Waals surface area contributed by atoms with Gasteiger partial charge in [-0.3, -0.25) is 14.4 Å². The van der Waals surface area contributed by atoms with Gasteiger partial charge in [0.05, 0.1) is 28.3 Å². The molecule has 1 amide bonds. The molecule has 59 heavy (non-hydrogen) atoms. The first-order valence-electron chi connectivity index (χ1n) is 19.2. The van der Waals surface area contributed by atoms with E-state index < -0.39 is 17.5 Å². The van der Waals surface area contributed by atoms with E-state index in [1.165, 1.54) is 0 Å². The lowest BCUT2D eigenvalue weighted by molar-refractivity contribution is -0.119. The van der Waals surface area contributed by atoms with Gasteiger partial charge in [0.1, 0.15) is 0 Å². The van der Waals surface area contributed by atoms with Crippen molar-refractivity contribution in [3.05, 3.63) is 186 Å². The fourth-order valence-electron chi connectivity index (χ4n) is 7.90. The van der Waals surface area contributed by atoms with Crippen LogP contribution in [0.1, 0.15) is 22.8 Å². The third kappa shape index (κ3) is 6.54. The number of aromatic nitrogens is 4. The van der Waals surface area contributed by atoms with Gasteiger partial charge in [0.25, 0.3) is 5.91 Å². The van der Waals surface area contributed by atoms with Crippen LogP contribution in [0.4, 0.5) is 5.69 Å². The molecule has 0 fully saturated rings. The number of nitrogens with one attached hydrogen (secondary N) is 3. The molecule has 0 saturated heterocycles. The molecule has 0 spiro atoms. The van der Waals surface area contributed by atoms with E-state index in [-0.39, 0.29) is 5.57 Å². The number of benzene rings is 4. The van der Waals surface area contributed by atoms with Crippen molar-refractivity contribution in [3.8, 4) is 44.5 Å². The van der Waals surface area contributed by atoms with Gasteiger partial charge in [-0.2, -0.15) is 0 Å². The molecule has 3 aromatic heterocycles. The number of carbonyl (C=O) groups is 3. The molecule has 0 saturated carbocycles. The first kappa shape index (κ1) is 35.2. The minimum Gasteiger partial charge on any atom is -0.354 e. The SMILES string of the molecule is O=C1C=CC(=O)C(C(=O)Nc2ccccc2-c2c3nc(c(-c4ccccc4)c4ccc([nH]4)c(-c4ccccc4)c4nc(c(-c5ccccc5)c5ccc2[nH]5)C=C4)C=C3)=C1. The summed E-state index contributed by atoms with van der Waals surface area (Å²) in [5, 5.41) is 2.93. The van der Waals surface area contributed by atoms with Crippen LogP contribution in [0.2, 0.25) is 0 Å². The summed E-state index contributed by atoms with van der Waals surface area (Å²) in [5.74, 6) is -1.64. The number of fused-ring (bicyclic) bond motifs is 8. The Labute approximate surface area is 338 Å². The third-order valence-corrected chi connectivity index (χ3v) is 10.6. The van der Waals surface area contributed by atoms with Gasteiger partial charge in [0, 0.05) is 61.6 Å². The fraction of sp³-hybridized carbons (Fsp3) is 0. The van der Waals surface area contributed by atoms with Crippen molar-refractivity contribution >= 4 is 69.5 Å². The van der Waals surface area contributed by atoms with E-state index in [4.69, 9.17) is 9.97 Å². The molecule has 0 unspecified atom stereocenters. The van der Waals surface area contributed by atoms with Gasteiger partial charge in [0.2, 0.25) is 0 Å². The second-order valence-corrected chi connectivity index (χ2v) is 14.3. The highest BCUT2D eigenvalue weighted by atomic mass is 16.2. The topological polar surface area (TPSA) is 121 Å². The third-order valence-electron chi connectivity index (χ3n) is 10.6. The Morgan fingerprint density at radius 3 is 1.32 bits per heavy atom. The number of rotatable bonds is 6. The van der Waals surface area contributed by atoms with Crippen LogP contribution in [-0.2, 0) is 14.4 Å². The molecular formula is C51H33N5O3. The van der Waals surface area contributed by atoms with E-state index in [0.29, 0.717) is 22.5 Å². The molecule has 3 aliphatic rings. The summed E-state index contributed by atoms with van der Waals surface area (Å²) in [4.78, 5) is 56.7. The van der Waals surface area contributed by atoms with Gasteiger partial charge in [-0.15, -0.1) is 0 Å². The number of H-pyrrole nitrogens is 2. The van der Waals surface area contributed by atoms with E-state index in [1.54, 1.807) is 6.07 Å². The summed E-state index contributed by atoms with van der Waals surface area (Å²) >= 11 is 0.